The Hall–Kier alpha value is -2.73. The molecule has 1 N–H and O–H groups in total. The van der Waals surface area contributed by atoms with Crippen molar-refractivity contribution in [2.75, 3.05) is 11.9 Å². The third-order valence-corrected chi connectivity index (χ3v) is 5.49. The number of rotatable bonds is 8. The van der Waals surface area contributed by atoms with Crippen LogP contribution in [0.3, 0.4) is 0 Å². The topological polar surface area (TPSA) is 87.9 Å². The summed E-state index contributed by atoms with van der Waals surface area (Å²) in [7, 11) is 0. The zero-order chi connectivity index (χ0) is 18.9. The summed E-state index contributed by atoms with van der Waals surface area (Å²) in [6, 6.07) is 19.2. The zero-order valence-corrected chi connectivity index (χ0v) is 15.9. The van der Waals surface area contributed by atoms with Crippen LogP contribution in [0.4, 0.5) is 5.13 Å². The molecule has 0 fully saturated rings. The second-order valence-corrected chi connectivity index (χ2v) is 7.70. The molecule has 6 nitrogen and oxygen atoms in total. The average molecular weight is 396 g/mol. The van der Waals surface area contributed by atoms with Crippen molar-refractivity contribution in [2.24, 2.45) is 0 Å². The van der Waals surface area contributed by atoms with E-state index in [1.54, 1.807) is 12.1 Å². The van der Waals surface area contributed by atoms with Gasteiger partial charge in [0.25, 0.3) is 5.91 Å². The molecule has 27 heavy (non-hydrogen) atoms. The normalized spacial score (nSPS) is 10.3. The Bertz CT molecular complexity index is 921. The molecule has 0 saturated heterocycles. The number of nitrogens with one attached hydrogen (secondary N) is 1. The molecule has 0 bridgehead atoms. The fourth-order valence-corrected chi connectivity index (χ4v) is 3.85. The molecule has 0 unspecified atom stereocenters. The van der Waals surface area contributed by atoms with Gasteiger partial charge in [0.05, 0.1) is 18.2 Å². The fraction of sp³-hybridized carbons (Fsp3) is 0.158. The van der Waals surface area contributed by atoms with E-state index in [4.69, 9.17) is 10.00 Å². The summed E-state index contributed by atoms with van der Waals surface area (Å²) < 4.78 is 6.16. The largest absolute Gasteiger partial charge is 0.367 e. The van der Waals surface area contributed by atoms with Crippen LogP contribution in [0.2, 0.25) is 0 Å². The van der Waals surface area contributed by atoms with Crippen LogP contribution in [0.5, 0.6) is 0 Å². The third kappa shape index (κ3) is 6.18. The molecule has 0 radical (unpaired) electrons. The Morgan fingerprint density at radius 2 is 1.89 bits per heavy atom. The van der Waals surface area contributed by atoms with Crippen molar-refractivity contribution in [3.63, 3.8) is 0 Å². The number of nitrogens with zero attached hydrogens (tertiary/aromatic N) is 3. The monoisotopic (exact) mass is 396 g/mol. The molecule has 136 valence electrons. The Balaban J connectivity index is 1.41. The van der Waals surface area contributed by atoms with Gasteiger partial charge in [0, 0.05) is 5.75 Å². The summed E-state index contributed by atoms with van der Waals surface area (Å²) in [6.07, 6.45) is 0. The molecule has 2 aromatic carbocycles. The van der Waals surface area contributed by atoms with E-state index in [-0.39, 0.29) is 12.5 Å². The summed E-state index contributed by atoms with van der Waals surface area (Å²) in [5.41, 5.74) is 2.75. The number of benzene rings is 2. The van der Waals surface area contributed by atoms with Crippen LogP contribution < -0.4 is 5.32 Å². The Morgan fingerprint density at radius 1 is 1.11 bits per heavy atom. The van der Waals surface area contributed by atoms with Gasteiger partial charge in [-0.1, -0.05) is 65.6 Å². The third-order valence-electron chi connectivity index (χ3n) is 3.44. The molecule has 1 aromatic heterocycles. The maximum atomic E-state index is 11.9. The number of carbonyl (C=O) groups excluding carboxylic acids is 1. The van der Waals surface area contributed by atoms with Gasteiger partial charge in [-0.05, 0) is 23.3 Å². The van der Waals surface area contributed by atoms with Crippen LogP contribution in [-0.4, -0.2) is 22.7 Å². The highest BCUT2D eigenvalue weighted by molar-refractivity contribution is 8.00. The Kier molecular flexibility index (Phi) is 6.93. The molecule has 0 atom stereocenters. The Morgan fingerprint density at radius 3 is 2.63 bits per heavy atom. The van der Waals surface area contributed by atoms with E-state index in [0.717, 1.165) is 15.5 Å². The van der Waals surface area contributed by atoms with Crippen LogP contribution in [0, 0.1) is 11.3 Å². The van der Waals surface area contributed by atoms with Gasteiger partial charge in [-0.25, -0.2) is 0 Å². The lowest BCUT2D eigenvalue weighted by molar-refractivity contribution is -0.121. The fourth-order valence-electron chi connectivity index (χ4n) is 2.13. The molecule has 0 aliphatic rings. The first-order valence-electron chi connectivity index (χ1n) is 8.10. The molecule has 0 aliphatic carbocycles. The van der Waals surface area contributed by atoms with Crippen molar-refractivity contribution in [3.05, 3.63) is 71.3 Å². The van der Waals surface area contributed by atoms with Crippen LogP contribution in [0.15, 0.2) is 58.9 Å². The van der Waals surface area contributed by atoms with Gasteiger partial charge in [0.2, 0.25) is 5.13 Å². The standard InChI is InChI=1S/C19H16N4O2S2/c20-10-14-6-8-16(9-7-14)13-26-19-23-22-18(27-19)21-17(24)12-25-11-15-4-2-1-3-5-15/h1-9H,11-13H2,(H,21,22,24). The summed E-state index contributed by atoms with van der Waals surface area (Å²) in [6.45, 7) is 0.345. The maximum absolute atomic E-state index is 11.9. The van der Waals surface area contributed by atoms with Gasteiger partial charge in [-0.2, -0.15) is 5.26 Å². The predicted molar refractivity (Wildman–Crippen MR) is 105 cm³/mol. The Labute approximate surface area is 165 Å². The van der Waals surface area contributed by atoms with Gasteiger partial charge in [0.15, 0.2) is 4.34 Å². The SMILES string of the molecule is N#Cc1ccc(CSc2nnc(NC(=O)COCc3ccccc3)s2)cc1. The van der Waals surface area contributed by atoms with Crippen molar-refractivity contribution >= 4 is 34.1 Å². The quantitative estimate of drug-likeness (QED) is 0.459. The van der Waals surface area contributed by atoms with Gasteiger partial charge in [0.1, 0.15) is 6.61 Å². The summed E-state index contributed by atoms with van der Waals surface area (Å²) >= 11 is 2.85. The summed E-state index contributed by atoms with van der Waals surface area (Å²) in [5.74, 6) is 0.458. The van der Waals surface area contributed by atoms with E-state index in [9.17, 15) is 4.79 Å². The number of hydrogen-bond acceptors (Lipinski definition) is 7. The molecule has 3 rings (SSSR count). The van der Waals surface area contributed by atoms with E-state index >= 15 is 0 Å². The van der Waals surface area contributed by atoms with E-state index in [1.807, 2.05) is 42.5 Å². The van der Waals surface area contributed by atoms with Crippen LogP contribution in [0.25, 0.3) is 0 Å². The number of thioether (sulfide) groups is 1. The zero-order valence-electron chi connectivity index (χ0n) is 14.3. The predicted octanol–water partition coefficient (Wildman–Crippen LogP) is 3.86. The molecule has 0 spiro atoms. The molecule has 0 aliphatic heterocycles. The second kappa shape index (κ2) is 9.83. The molecule has 3 aromatic rings. The van der Waals surface area contributed by atoms with Gasteiger partial charge < -0.3 is 4.74 Å². The average Bonchev–Trinajstić information content (AvgIpc) is 3.15. The minimum atomic E-state index is -0.259. The summed E-state index contributed by atoms with van der Waals surface area (Å²) in [5, 5.41) is 20.0. The molecule has 8 heteroatoms. The lowest BCUT2D eigenvalue weighted by Gasteiger charge is -2.03. The van der Waals surface area contributed by atoms with E-state index in [1.165, 1.54) is 23.1 Å². The van der Waals surface area contributed by atoms with E-state index in [0.29, 0.717) is 23.1 Å². The van der Waals surface area contributed by atoms with Crippen molar-refractivity contribution in [3.8, 4) is 6.07 Å². The summed E-state index contributed by atoms with van der Waals surface area (Å²) in [4.78, 5) is 11.9. The maximum Gasteiger partial charge on any atom is 0.252 e. The second-order valence-electron chi connectivity index (χ2n) is 5.50. The highest BCUT2D eigenvalue weighted by Crippen LogP contribution is 2.28. The van der Waals surface area contributed by atoms with Gasteiger partial charge in [-0.3, -0.25) is 10.1 Å². The highest BCUT2D eigenvalue weighted by Gasteiger charge is 2.09. The first kappa shape index (κ1) is 19.0. The van der Waals surface area contributed by atoms with Crippen molar-refractivity contribution in [1.82, 2.24) is 10.2 Å². The minimum Gasteiger partial charge on any atom is -0.367 e. The molecule has 0 saturated carbocycles. The number of aromatic nitrogens is 2. The first-order valence-corrected chi connectivity index (χ1v) is 9.90. The molecular weight excluding hydrogens is 380 g/mol. The van der Waals surface area contributed by atoms with Crippen LogP contribution in [-0.2, 0) is 21.9 Å². The number of amides is 1. The smallest absolute Gasteiger partial charge is 0.252 e. The lowest BCUT2D eigenvalue weighted by atomic mass is 10.2. The number of hydrogen-bond donors (Lipinski definition) is 1. The van der Waals surface area contributed by atoms with Crippen molar-refractivity contribution in [1.29, 1.82) is 5.26 Å². The number of ether oxygens (including phenoxy) is 1. The number of anilines is 1. The van der Waals surface area contributed by atoms with Crippen LogP contribution in [0.1, 0.15) is 16.7 Å². The molecule has 1 amide bonds. The lowest BCUT2D eigenvalue weighted by Crippen LogP contribution is -2.18. The van der Waals surface area contributed by atoms with E-state index in [2.05, 4.69) is 21.6 Å². The number of nitriles is 1. The number of carbonyl (C=O) groups is 1. The van der Waals surface area contributed by atoms with Gasteiger partial charge in [-0.15, -0.1) is 10.2 Å². The van der Waals surface area contributed by atoms with Crippen LogP contribution >= 0.6 is 23.1 Å². The van der Waals surface area contributed by atoms with Crippen molar-refractivity contribution < 1.29 is 9.53 Å². The van der Waals surface area contributed by atoms with E-state index < -0.39 is 0 Å². The highest BCUT2D eigenvalue weighted by atomic mass is 32.2. The minimum absolute atomic E-state index is 0.0395. The van der Waals surface area contributed by atoms with Crippen molar-refractivity contribution in [2.45, 2.75) is 16.7 Å². The first-order chi connectivity index (χ1) is 13.2. The van der Waals surface area contributed by atoms with Gasteiger partial charge >= 0.3 is 0 Å². The molecular formula is C19H16N4O2S2. The molecule has 1 heterocycles.